The van der Waals surface area contributed by atoms with E-state index < -0.39 is 0 Å². The van der Waals surface area contributed by atoms with Crippen molar-refractivity contribution in [1.29, 1.82) is 0 Å². The van der Waals surface area contributed by atoms with Crippen LogP contribution in [0.2, 0.25) is 0 Å². The molecule has 0 bridgehead atoms. The number of piperidine rings is 2. The van der Waals surface area contributed by atoms with E-state index in [1.807, 2.05) is 42.3 Å². The van der Waals surface area contributed by atoms with Gasteiger partial charge >= 0.3 is 0 Å². The first-order valence-electron chi connectivity index (χ1n) is 9.06. The lowest BCUT2D eigenvalue weighted by Gasteiger charge is -2.43. The molecule has 0 radical (unpaired) electrons. The average molecular weight is 328 g/mol. The Balaban J connectivity index is 1.86. The zero-order valence-corrected chi connectivity index (χ0v) is 14.9. The fourth-order valence-electron chi connectivity index (χ4n) is 4.48. The second-order valence-corrected chi connectivity index (χ2v) is 7.69. The predicted molar refractivity (Wildman–Crippen MR) is 94.2 cm³/mol. The number of nitrogens with zero attached hydrogens (tertiary/aromatic N) is 2. The van der Waals surface area contributed by atoms with Crippen LogP contribution in [0.25, 0.3) is 0 Å². The van der Waals surface area contributed by atoms with Gasteiger partial charge in [0.2, 0.25) is 11.8 Å². The number of benzene rings is 1. The molecule has 4 heteroatoms. The second kappa shape index (κ2) is 6.96. The topological polar surface area (TPSA) is 40.6 Å². The molecule has 0 spiro atoms. The molecule has 24 heavy (non-hydrogen) atoms. The lowest BCUT2D eigenvalue weighted by atomic mass is 9.82. The molecule has 0 N–H and O–H groups in total. The molecular weight excluding hydrogens is 300 g/mol. The van der Waals surface area contributed by atoms with Gasteiger partial charge in [0.25, 0.3) is 0 Å². The third kappa shape index (κ3) is 3.33. The van der Waals surface area contributed by atoms with Gasteiger partial charge in [0.05, 0.1) is 12.0 Å². The molecule has 0 saturated carbocycles. The first-order chi connectivity index (χ1) is 11.5. The minimum absolute atomic E-state index is 0.132. The van der Waals surface area contributed by atoms with E-state index in [0.29, 0.717) is 24.7 Å². The van der Waals surface area contributed by atoms with Gasteiger partial charge in [-0.25, -0.2) is 0 Å². The summed E-state index contributed by atoms with van der Waals surface area (Å²) < 4.78 is 0. The highest BCUT2D eigenvalue weighted by Gasteiger charge is 2.41. The number of carbonyl (C=O) groups excluding carboxylic acids is 2. The Morgan fingerprint density at radius 1 is 1.08 bits per heavy atom. The van der Waals surface area contributed by atoms with Gasteiger partial charge in [-0.3, -0.25) is 9.59 Å². The Labute approximate surface area is 144 Å². The first-order valence-corrected chi connectivity index (χ1v) is 9.06. The van der Waals surface area contributed by atoms with Crippen LogP contribution < -0.4 is 0 Å². The van der Waals surface area contributed by atoms with Crippen molar-refractivity contribution in [3.8, 4) is 0 Å². The second-order valence-electron chi connectivity index (χ2n) is 7.69. The highest BCUT2D eigenvalue weighted by atomic mass is 16.2. The van der Waals surface area contributed by atoms with Crippen LogP contribution in [0, 0.1) is 17.8 Å². The van der Waals surface area contributed by atoms with E-state index in [0.717, 1.165) is 18.7 Å². The monoisotopic (exact) mass is 328 g/mol. The van der Waals surface area contributed by atoms with Gasteiger partial charge in [-0.15, -0.1) is 0 Å². The molecule has 0 aliphatic carbocycles. The van der Waals surface area contributed by atoms with E-state index in [-0.39, 0.29) is 23.8 Å². The Hall–Kier alpha value is -1.84. The van der Waals surface area contributed by atoms with Crippen LogP contribution in [0.5, 0.6) is 0 Å². The maximum absolute atomic E-state index is 13.3. The van der Waals surface area contributed by atoms with E-state index in [2.05, 4.69) is 13.8 Å². The summed E-state index contributed by atoms with van der Waals surface area (Å²) in [4.78, 5) is 29.3. The average Bonchev–Trinajstić information content (AvgIpc) is 2.56. The molecule has 0 unspecified atom stereocenters. The summed E-state index contributed by atoms with van der Waals surface area (Å²) in [6.45, 7) is 6.14. The summed E-state index contributed by atoms with van der Waals surface area (Å²) >= 11 is 0. The van der Waals surface area contributed by atoms with Crippen LogP contribution in [0.1, 0.15) is 44.7 Å². The smallest absolute Gasteiger partial charge is 0.228 e. The van der Waals surface area contributed by atoms with Crippen molar-refractivity contribution in [1.82, 2.24) is 9.80 Å². The number of hydrogen-bond acceptors (Lipinski definition) is 2. The van der Waals surface area contributed by atoms with Crippen molar-refractivity contribution in [3.63, 3.8) is 0 Å². The van der Waals surface area contributed by atoms with Gasteiger partial charge in [0, 0.05) is 26.6 Å². The van der Waals surface area contributed by atoms with Crippen LogP contribution in [0.4, 0.5) is 0 Å². The lowest BCUT2D eigenvalue weighted by Crippen LogP contribution is -2.50. The zero-order chi connectivity index (χ0) is 17.3. The SMILES string of the molecule is C[C@@H]1C[C@H](C)CN(C(=O)[C@@H]2CCC(=O)N(C)[C@@H]2c2ccccc2)C1. The molecule has 2 saturated heterocycles. The van der Waals surface area contributed by atoms with Gasteiger partial charge in [0.1, 0.15) is 0 Å². The van der Waals surface area contributed by atoms with E-state index in [1.54, 1.807) is 4.90 Å². The van der Waals surface area contributed by atoms with Crippen molar-refractivity contribution >= 4 is 11.8 Å². The molecule has 2 fully saturated rings. The van der Waals surface area contributed by atoms with Crippen LogP contribution in [0.3, 0.4) is 0 Å². The Bertz CT molecular complexity index is 591. The molecule has 4 atom stereocenters. The maximum atomic E-state index is 13.3. The minimum Gasteiger partial charge on any atom is -0.342 e. The summed E-state index contributed by atoms with van der Waals surface area (Å²) in [5.41, 5.74) is 1.06. The largest absolute Gasteiger partial charge is 0.342 e. The van der Waals surface area contributed by atoms with Gasteiger partial charge in [-0.05, 0) is 30.2 Å². The highest BCUT2D eigenvalue weighted by Crippen LogP contribution is 2.37. The summed E-state index contributed by atoms with van der Waals surface area (Å²) in [6.07, 6.45) is 2.31. The maximum Gasteiger partial charge on any atom is 0.228 e. The van der Waals surface area contributed by atoms with Gasteiger partial charge in [-0.1, -0.05) is 44.2 Å². The first kappa shape index (κ1) is 17.0. The molecular formula is C20H28N2O2. The highest BCUT2D eigenvalue weighted by molar-refractivity contribution is 5.85. The normalized spacial score (nSPS) is 31.2. The molecule has 1 aromatic rings. The number of likely N-dealkylation sites (tertiary alicyclic amines) is 2. The molecule has 1 aromatic carbocycles. The number of amides is 2. The van der Waals surface area contributed by atoms with Gasteiger partial charge < -0.3 is 9.80 Å². The van der Waals surface area contributed by atoms with Crippen LogP contribution in [-0.2, 0) is 9.59 Å². The molecule has 130 valence electrons. The molecule has 2 aliphatic heterocycles. The summed E-state index contributed by atoms with van der Waals surface area (Å²) in [7, 11) is 1.83. The van der Waals surface area contributed by atoms with Crippen molar-refractivity contribution in [2.45, 2.75) is 39.2 Å². The fourth-order valence-corrected chi connectivity index (χ4v) is 4.48. The van der Waals surface area contributed by atoms with Gasteiger partial charge in [0.15, 0.2) is 0 Å². The van der Waals surface area contributed by atoms with Crippen LogP contribution in [-0.4, -0.2) is 41.8 Å². The van der Waals surface area contributed by atoms with Gasteiger partial charge in [-0.2, -0.15) is 0 Å². The molecule has 0 aromatic heterocycles. The summed E-state index contributed by atoms with van der Waals surface area (Å²) in [5, 5.41) is 0. The van der Waals surface area contributed by atoms with Crippen molar-refractivity contribution in [2.75, 3.05) is 20.1 Å². The number of rotatable bonds is 2. The molecule has 2 aliphatic rings. The Morgan fingerprint density at radius 3 is 2.33 bits per heavy atom. The van der Waals surface area contributed by atoms with Crippen molar-refractivity contribution in [3.05, 3.63) is 35.9 Å². The quantitative estimate of drug-likeness (QED) is 0.837. The molecule has 2 heterocycles. The van der Waals surface area contributed by atoms with E-state index >= 15 is 0 Å². The standard InChI is InChI=1S/C20H28N2O2/c1-14-11-15(2)13-22(12-14)20(24)17-9-10-18(23)21(3)19(17)16-7-5-4-6-8-16/h4-8,14-15,17,19H,9-13H2,1-3H3/t14-,15+,17-,19-/m1/s1. The lowest BCUT2D eigenvalue weighted by molar-refractivity contribution is -0.148. The minimum atomic E-state index is -0.146. The summed E-state index contributed by atoms with van der Waals surface area (Å²) in [5.74, 6) is 1.33. The number of carbonyl (C=O) groups is 2. The van der Waals surface area contributed by atoms with Crippen molar-refractivity contribution < 1.29 is 9.59 Å². The van der Waals surface area contributed by atoms with Crippen LogP contribution in [0.15, 0.2) is 30.3 Å². The third-order valence-corrected chi connectivity index (χ3v) is 5.50. The molecule has 2 amide bonds. The zero-order valence-electron chi connectivity index (χ0n) is 14.9. The van der Waals surface area contributed by atoms with E-state index in [9.17, 15) is 9.59 Å². The van der Waals surface area contributed by atoms with Crippen molar-refractivity contribution in [2.24, 2.45) is 17.8 Å². The predicted octanol–water partition coefficient (Wildman–Crippen LogP) is 3.10. The molecule has 3 rings (SSSR count). The molecule has 4 nitrogen and oxygen atoms in total. The Kier molecular flexibility index (Phi) is 4.93. The van der Waals surface area contributed by atoms with E-state index in [4.69, 9.17) is 0 Å². The van der Waals surface area contributed by atoms with Crippen LogP contribution >= 0.6 is 0 Å². The number of hydrogen-bond donors (Lipinski definition) is 0. The third-order valence-electron chi connectivity index (χ3n) is 5.50. The summed E-state index contributed by atoms with van der Waals surface area (Å²) in [6, 6.07) is 9.85. The Morgan fingerprint density at radius 2 is 1.71 bits per heavy atom. The van der Waals surface area contributed by atoms with E-state index in [1.165, 1.54) is 6.42 Å². The fraction of sp³-hybridized carbons (Fsp3) is 0.600.